The lowest BCUT2D eigenvalue weighted by atomic mass is 10.00. The SMILES string of the molecule is CC(C)C(NC(=O)Cc1ccoc1)C(=O)NC1CCNC(=O)C1=O. The van der Waals surface area contributed by atoms with Crippen molar-refractivity contribution in [2.75, 3.05) is 6.54 Å². The minimum absolute atomic E-state index is 0.0950. The van der Waals surface area contributed by atoms with Crippen molar-refractivity contribution in [1.29, 1.82) is 0 Å². The molecule has 0 bridgehead atoms. The van der Waals surface area contributed by atoms with Crippen molar-refractivity contribution in [2.24, 2.45) is 5.92 Å². The first-order valence-corrected chi connectivity index (χ1v) is 7.81. The Labute approximate surface area is 139 Å². The van der Waals surface area contributed by atoms with Crippen molar-refractivity contribution in [2.45, 2.75) is 38.8 Å². The molecular formula is C16H21N3O5. The molecule has 3 N–H and O–H groups in total. The third-order valence-corrected chi connectivity index (χ3v) is 3.79. The van der Waals surface area contributed by atoms with E-state index in [0.717, 1.165) is 0 Å². The van der Waals surface area contributed by atoms with E-state index in [1.54, 1.807) is 19.9 Å². The van der Waals surface area contributed by atoms with Crippen LogP contribution >= 0.6 is 0 Å². The Morgan fingerprint density at radius 2 is 2.12 bits per heavy atom. The summed E-state index contributed by atoms with van der Waals surface area (Å²) in [5.41, 5.74) is 0.703. The van der Waals surface area contributed by atoms with Crippen LogP contribution in [-0.4, -0.2) is 42.1 Å². The fourth-order valence-electron chi connectivity index (χ4n) is 2.44. The molecule has 0 aliphatic carbocycles. The minimum atomic E-state index is -0.849. The highest BCUT2D eigenvalue weighted by Crippen LogP contribution is 2.07. The van der Waals surface area contributed by atoms with Crippen LogP contribution in [0.3, 0.4) is 0 Å². The zero-order chi connectivity index (χ0) is 17.7. The van der Waals surface area contributed by atoms with Gasteiger partial charge in [0.05, 0.1) is 25.0 Å². The fourth-order valence-corrected chi connectivity index (χ4v) is 2.44. The Balaban J connectivity index is 1.96. The molecule has 1 aliphatic rings. The molecule has 1 aliphatic heterocycles. The zero-order valence-electron chi connectivity index (χ0n) is 13.6. The number of hydrogen-bond donors (Lipinski definition) is 3. The first-order chi connectivity index (χ1) is 11.4. The van der Waals surface area contributed by atoms with Crippen molar-refractivity contribution < 1.29 is 23.6 Å². The van der Waals surface area contributed by atoms with Crippen LogP contribution in [0.15, 0.2) is 23.0 Å². The van der Waals surface area contributed by atoms with Gasteiger partial charge in [0.25, 0.3) is 5.91 Å². The minimum Gasteiger partial charge on any atom is -0.472 e. The molecule has 1 fully saturated rings. The van der Waals surface area contributed by atoms with Gasteiger partial charge in [-0.15, -0.1) is 0 Å². The van der Waals surface area contributed by atoms with E-state index >= 15 is 0 Å². The van der Waals surface area contributed by atoms with Gasteiger partial charge in [-0.3, -0.25) is 19.2 Å². The van der Waals surface area contributed by atoms with Gasteiger partial charge in [0.15, 0.2) is 0 Å². The summed E-state index contributed by atoms with van der Waals surface area (Å²) >= 11 is 0. The number of Topliss-reactive ketones (excluding diaryl/α,β-unsaturated/α-hetero) is 1. The third kappa shape index (κ3) is 4.43. The molecular weight excluding hydrogens is 314 g/mol. The number of carbonyl (C=O) groups is 4. The van der Waals surface area contributed by atoms with Crippen LogP contribution in [0.5, 0.6) is 0 Å². The summed E-state index contributed by atoms with van der Waals surface area (Å²) in [4.78, 5) is 47.6. The molecule has 2 heterocycles. The maximum Gasteiger partial charge on any atom is 0.289 e. The van der Waals surface area contributed by atoms with Gasteiger partial charge in [0.2, 0.25) is 17.6 Å². The molecule has 3 amide bonds. The first kappa shape index (κ1) is 17.7. The molecule has 2 rings (SSSR count). The molecule has 24 heavy (non-hydrogen) atoms. The van der Waals surface area contributed by atoms with Gasteiger partial charge >= 0.3 is 0 Å². The van der Waals surface area contributed by atoms with Gasteiger partial charge in [0.1, 0.15) is 6.04 Å². The second-order valence-corrected chi connectivity index (χ2v) is 6.07. The van der Waals surface area contributed by atoms with E-state index in [2.05, 4.69) is 16.0 Å². The summed E-state index contributed by atoms with van der Waals surface area (Å²) in [6.45, 7) is 3.91. The molecule has 1 saturated heterocycles. The van der Waals surface area contributed by atoms with Crippen LogP contribution in [0.4, 0.5) is 0 Å². The molecule has 1 aromatic heterocycles. The normalized spacial score (nSPS) is 18.9. The van der Waals surface area contributed by atoms with Gasteiger partial charge in [-0.2, -0.15) is 0 Å². The molecule has 0 saturated carbocycles. The monoisotopic (exact) mass is 335 g/mol. The van der Waals surface area contributed by atoms with Crippen LogP contribution in [0.1, 0.15) is 25.8 Å². The van der Waals surface area contributed by atoms with Gasteiger partial charge < -0.3 is 20.4 Å². The Morgan fingerprint density at radius 3 is 2.75 bits per heavy atom. The molecule has 0 radical (unpaired) electrons. The van der Waals surface area contributed by atoms with E-state index in [9.17, 15) is 19.2 Å². The highest BCUT2D eigenvalue weighted by molar-refractivity contribution is 6.39. The lowest BCUT2D eigenvalue weighted by molar-refractivity contribution is -0.142. The zero-order valence-corrected chi connectivity index (χ0v) is 13.6. The number of carbonyl (C=O) groups excluding carboxylic acids is 4. The molecule has 1 aromatic rings. The van der Waals surface area contributed by atoms with E-state index < -0.39 is 29.7 Å². The number of nitrogens with one attached hydrogen (secondary N) is 3. The quantitative estimate of drug-likeness (QED) is 0.608. The van der Waals surface area contributed by atoms with E-state index in [1.165, 1.54) is 12.5 Å². The molecule has 130 valence electrons. The average molecular weight is 335 g/mol. The Morgan fingerprint density at radius 1 is 1.38 bits per heavy atom. The van der Waals surface area contributed by atoms with Gasteiger partial charge in [-0.1, -0.05) is 13.8 Å². The third-order valence-electron chi connectivity index (χ3n) is 3.79. The second kappa shape index (κ2) is 7.76. The van der Waals surface area contributed by atoms with Gasteiger partial charge in [-0.05, 0) is 24.0 Å². The number of amides is 3. The van der Waals surface area contributed by atoms with Gasteiger partial charge in [-0.25, -0.2) is 0 Å². The van der Waals surface area contributed by atoms with Crippen LogP contribution in [0, 0.1) is 5.92 Å². The van der Waals surface area contributed by atoms with E-state index in [4.69, 9.17) is 4.42 Å². The van der Waals surface area contributed by atoms with Crippen molar-refractivity contribution in [1.82, 2.24) is 16.0 Å². The molecule has 2 atom stereocenters. The fraction of sp³-hybridized carbons (Fsp3) is 0.500. The number of rotatable bonds is 6. The van der Waals surface area contributed by atoms with Crippen LogP contribution < -0.4 is 16.0 Å². The van der Waals surface area contributed by atoms with Crippen molar-refractivity contribution in [3.05, 3.63) is 24.2 Å². The summed E-state index contributed by atoms with van der Waals surface area (Å²) in [5, 5.41) is 7.65. The first-order valence-electron chi connectivity index (χ1n) is 7.81. The summed E-state index contributed by atoms with van der Waals surface area (Å²) in [5.74, 6) is -2.33. The van der Waals surface area contributed by atoms with Crippen molar-refractivity contribution in [3.63, 3.8) is 0 Å². The topological polar surface area (TPSA) is 118 Å². The summed E-state index contributed by atoms with van der Waals surface area (Å²) in [6.07, 6.45) is 3.36. The van der Waals surface area contributed by atoms with Crippen LogP contribution in [0.2, 0.25) is 0 Å². The lowest BCUT2D eigenvalue weighted by Crippen LogP contribution is -2.58. The standard InChI is InChI=1S/C16H21N3O5/c1-9(2)13(19-12(20)7-10-4-6-24-8-10)15(22)18-11-3-5-17-16(23)14(11)21/h4,6,8-9,11,13H,3,5,7H2,1-2H3,(H,17,23)(H,18,22)(H,19,20). The Kier molecular flexibility index (Phi) is 5.73. The Hall–Kier alpha value is -2.64. The smallest absolute Gasteiger partial charge is 0.289 e. The molecule has 0 spiro atoms. The summed E-state index contributed by atoms with van der Waals surface area (Å²) in [7, 11) is 0. The number of ketones is 1. The largest absolute Gasteiger partial charge is 0.472 e. The average Bonchev–Trinajstić information content (AvgIpc) is 3.02. The number of piperidine rings is 1. The highest BCUT2D eigenvalue weighted by atomic mass is 16.3. The van der Waals surface area contributed by atoms with Crippen molar-refractivity contribution >= 4 is 23.5 Å². The second-order valence-electron chi connectivity index (χ2n) is 6.07. The molecule has 2 unspecified atom stereocenters. The van der Waals surface area contributed by atoms with Gasteiger partial charge in [0, 0.05) is 6.54 Å². The molecule has 8 heteroatoms. The summed E-state index contributed by atoms with van der Waals surface area (Å²) in [6, 6.07) is 0.0315. The summed E-state index contributed by atoms with van der Waals surface area (Å²) < 4.78 is 4.90. The highest BCUT2D eigenvalue weighted by Gasteiger charge is 2.33. The van der Waals surface area contributed by atoms with E-state index in [1.807, 2.05) is 0 Å². The maximum absolute atomic E-state index is 12.4. The maximum atomic E-state index is 12.4. The predicted octanol–water partition coefficient (Wildman–Crippen LogP) is -0.463. The van der Waals surface area contributed by atoms with Crippen LogP contribution in [-0.2, 0) is 25.6 Å². The molecule has 0 aromatic carbocycles. The van der Waals surface area contributed by atoms with Crippen molar-refractivity contribution in [3.8, 4) is 0 Å². The number of furan rings is 1. The van der Waals surface area contributed by atoms with E-state index in [0.29, 0.717) is 18.5 Å². The number of hydrogen-bond acceptors (Lipinski definition) is 5. The lowest BCUT2D eigenvalue weighted by Gasteiger charge is -2.26. The molecule has 8 nitrogen and oxygen atoms in total. The predicted molar refractivity (Wildman–Crippen MR) is 83.7 cm³/mol. The van der Waals surface area contributed by atoms with Crippen LogP contribution in [0.25, 0.3) is 0 Å². The van der Waals surface area contributed by atoms with E-state index in [-0.39, 0.29) is 18.2 Å². The Bertz CT molecular complexity index is 624.